The van der Waals surface area contributed by atoms with Crippen LogP contribution >= 0.6 is 0 Å². The van der Waals surface area contributed by atoms with Gasteiger partial charge in [0.25, 0.3) is 0 Å². The Labute approximate surface area is 106 Å². The van der Waals surface area contributed by atoms with Gasteiger partial charge in [-0.1, -0.05) is 6.92 Å². The molecule has 0 amide bonds. The number of nitrogens with zero attached hydrogens (tertiary/aromatic N) is 1. The molecular formula is C13H17NO4. The first-order valence-corrected chi connectivity index (χ1v) is 5.97. The molecule has 0 aromatic carbocycles. The number of esters is 2. The normalized spacial score (nSPS) is 9.94. The van der Waals surface area contributed by atoms with Gasteiger partial charge in [-0.15, -0.1) is 0 Å². The quantitative estimate of drug-likeness (QED) is 0.749. The van der Waals surface area contributed by atoms with Crippen molar-refractivity contribution in [2.75, 3.05) is 13.2 Å². The maximum absolute atomic E-state index is 11.9. The number of aromatic nitrogens is 1. The average Bonchev–Trinajstić information content (AvgIpc) is 2.38. The molecule has 5 heteroatoms. The highest BCUT2D eigenvalue weighted by molar-refractivity contribution is 6.02. The monoisotopic (exact) mass is 251 g/mol. The number of hydrogen-bond donors (Lipinski definition) is 0. The summed E-state index contributed by atoms with van der Waals surface area (Å²) in [7, 11) is 0. The molecule has 0 aliphatic heterocycles. The molecule has 0 N–H and O–H groups in total. The number of carbonyl (C=O) groups excluding carboxylic acids is 2. The van der Waals surface area contributed by atoms with Gasteiger partial charge in [0.15, 0.2) is 5.69 Å². The molecule has 0 fully saturated rings. The van der Waals surface area contributed by atoms with Crippen LogP contribution in [0.1, 0.15) is 47.2 Å². The van der Waals surface area contributed by atoms with Crippen molar-refractivity contribution in [2.45, 2.75) is 27.2 Å². The minimum absolute atomic E-state index is 0.0228. The summed E-state index contributed by atoms with van der Waals surface area (Å²) in [6.07, 6.45) is 2.11. The van der Waals surface area contributed by atoms with Crippen molar-refractivity contribution < 1.29 is 19.1 Å². The van der Waals surface area contributed by atoms with E-state index in [1.54, 1.807) is 19.9 Å². The van der Waals surface area contributed by atoms with E-state index in [1.165, 1.54) is 6.20 Å². The van der Waals surface area contributed by atoms with Crippen molar-refractivity contribution in [3.63, 3.8) is 0 Å². The lowest BCUT2D eigenvalue weighted by Gasteiger charge is -2.10. The van der Waals surface area contributed by atoms with Crippen LogP contribution in [0.15, 0.2) is 12.3 Å². The third kappa shape index (κ3) is 3.06. The molecular weight excluding hydrogens is 234 g/mol. The van der Waals surface area contributed by atoms with Crippen LogP contribution in [-0.4, -0.2) is 30.1 Å². The number of ether oxygens (including phenoxy) is 2. The Hall–Kier alpha value is -1.91. The molecule has 0 saturated heterocycles. The first-order valence-electron chi connectivity index (χ1n) is 5.97. The first kappa shape index (κ1) is 14.2. The van der Waals surface area contributed by atoms with E-state index in [4.69, 9.17) is 9.47 Å². The van der Waals surface area contributed by atoms with Gasteiger partial charge in [-0.05, 0) is 31.9 Å². The highest BCUT2D eigenvalue weighted by Gasteiger charge is 2.23. The highest BCUT2D eigenvalue weighted by atomic mass is 16.5. The molecule has 5 nitrogen and oxygen atoms in total. The van der Waals surface area contributed by atoms with Crippen molar-refractivity contribution >= 4 is 11.9 Å². The lowest BCUT2D eigenvalue weighted by Crippen LogP contribution is -2.18. The molecule has 1 aromatic rings. The summed E-state index contributed by atoms with van der Waals surface area (Å²) in [6.45, 7) is 5.79. The molecule has 0 saturated carbocycles. The molecule has 0 radical (unpaired) electrons. The second-order valence-corrected chi connectivity index (χ2v) is 3.49. The van der Waals surface area contributed by atoms with Gasteiger partial charge >= 0.3 is 11.9 Å². The van der Waals surface area contributed by atoms with Crippen LogP contribution in [0.2, 0.25) is 0 Å². The van der Waals surface area contributed by atoms with Gasteiger partial charge in [0.05, 0.1) is 18.8 Å². The summed E-state index contributed by atoms with van der Waals surface area (Å²) < 4.78 is 9.84. The smallest absolute Gasteiger partial charge is 0.357 e. The van der Waals surface area contributed by atoms with Gasteiger partial charge < -0.3 is 9.47 Å². The van der Waals surface area contributed by atoms with Crippen LogP contribution in [0.25, 0.3) is 0 Å². The van der Waals surface area contributed by atoms with Crippen molar-refractivity contribution in [2.24, 2.45) is 0 Å². The van der Waals surface area contributed by atoms with Crippen molar-refractivity contribution in [3.8, 4) is 0 Å². The van der Waals surface area contributed by atoms with E-state index in [2.05, 4.69) is 4.98 Å². The first-order chi connectivity index (χ1) is 8.65. The second kappa shape index (κ2) is 6.74. The van der Waals surface area contributed by atoms with Gasteiger partial charge in [0.1, 0.15) is 0 Å². The fourth-order valence-electron chi connectivity index (χ4n) is 1.58. The lowest BCUT2D eigenvalue weighted by molar-refractivity contribution is 0.0472. The topological polar surface area (TPSA) is 65.5 Å². The summed E-state index contributed by atoms with van der Waals surface area (Å²) in [5.41, 5.74) is 0.960. The van der Waals surface area contributed by atoms with Crippen LogP contribution in [0.4, 0.5) is 0 Å². The van der Waals surface area contributed by atoms with Gasteiger partial charge in [0, 0.05) is 6.20 Å². The fourth-order valence-corrected chi connectivity index (χ4v) is 1.58. The Balaban J connectivity index is 3.24. The predicted octanol–water partition coefficient (Wildman–Crippen LogP) is 2.00. The molecule has 0 aliphatic rings. The Morgan fingerprint density at radius 1 is 1.11 bits per heavy atom. The zero-order valence-electron chi connectivity index (χ0n) is 10.9. The average molecular weight is 251 g/mol. The van der Waals surface area contributed by atoms with Crippen molar-refractivity contribution in [1.82, 2.24) is 4.98 Å². The number of pyridine rings is 1. The largest absolute Gasteiger partial charge is 0.462 e. The summed E-state index contributed by atoms with van der Waals surface area (Å²) in [5.74, 6) is -1.14. The molecule has 0 bridgehead atoms. The number of carbonyl (C=O) groups is 2. The minimum Gasteiger partial charge on any atom is -0.462 e. The maximum atomic E-state index is 11.9. The Morgan fingerprint density at radius 3 is 2.28 bits per heavy atom. The van der Waals surface area contributed by atoms with E-state index in [0.717, 1.165) is 5.56 Å². The third-order valence-electron chi connectivity index (χ3n) is 2.37. The van der Waals surface area contributed by atoms with E-state index in [1.807, 2.05) is 6.92 Å². The van der Waals surface area contributed by atoms with Crippen LogP contribution in [-0.2, 0) is 15.9 Å². The van der Waals surface area contributed by atoms with Gasteiger partial charge in [-0.25, -0.2) is 14.6 Å². The van der Waals surface area contributed by atoms with E-state index in [9.17, 15) is 9.59 Å². The zero-order valence-corrected chi connectivity index (χ0v) is 10.9. The molecule has 0 unspecified atom stereocenters. The molecule has 98 valence electrons. The number of aryl methyl sites for hydroxylation is 1. The van der Waals surface area contributed by atoms with Gasteiger partial charge in [-0.3, -0.25) is 0 Å². The van der Waals surface area contributed by atoms with Crippen LogP contribution in [0, 0.1) is 0 Å². The summed E-state index contributed by atoms with van der Waals surface area (Å²) in [5, 5.41) is 0. The third-order valence-corrected chi connectivity index (χ3v) is 2.37. The fraction of sp³-hybridized carbons (Fsp3) is 0.462. The molecule has 18 heavy (non-hydrogen) atoms. The molecule has 0 aliphatic carbocycles. The SMILES string of the molecule is CCOC(=O)c1nccc(CC)c1C(=O)OCC. The Kier molecular flexibility index (Phi) is 5.30. The lowest BCUT2D eigenvalue weighted by atomic mass is 10.0. The molecule has 1 aromatic heterocycles. The maximum Gasteiger partial charge on any atom is 0.357 e. The number of rotatable bonds is 5. The highest BCUT2D eigenvalue weighted by Crippen LogP contribution is 2.16. The molecule has 1 rings (SSSR count). The van der Waals surface area contributed by atoms with Crippen LogP contribution < -0.4 is 0 Å². The van der Waals surface area contributed by atoms with E-state index in [0.29, 0.717) is 6.42 Å². The molecule has 0 spiro atoms. The standard InChI is InChI=1S/C13H17NO4/c1-4-9-7-8-14-11(13(16)18-6-3)10(9)12(15)17-5-2/h7-8H,4-6H2,1-3H3. The van der Waals surface area contributed by atoms with E-state index >= 15 is 0 Å². The summed E-state index contributed by atoms with van der Waals surface area (Å²) in [4.78, 5) is 27.6. The molecule has 1 heterocycles. The predicted molar refractivity (Wildman–Crippen MR) is 65.5 cm³/mol. The van der Waals surface area contributed by atoms with Gasteiger partial charge in [-0.2, -0.15) is 0 Å². The molecule has 0 atom stereocenters. The number of hydrogen-bond acceptors (Lipinski definition) is 5. The Bertz CT molecular complexity index is 443. The van der Waals surface area contributed by atoms with Crippen molar-refractivity contribution in [3.05, 3.63) is 29.1 Å². The van der Waals surface area contributed by atoms with Gasteiger partial charge in [0.2, 0.25) is 0 Å². The van der Waals surface area contributed by atoms with Crippen LogP contribution in [0.3, 0.4) is 0 Å². The zero-order chi connectivity index (χ0) is 13.5. The van der Waals surface area contributed by atoms with E-state index < -0.39 is 11.9 Å². The summed E-state index contributed by atoms with van der Waals surface area (Å²) in [6, 6.07) is 1.70. The Morgan fingerprint density at radius 2 is 1.72 bits per heavy atom. The minimum atomic E-state index is -0.601. The summed E-state index contributed by atoms with van der Waals surface area (Å²) >= 11 is 0. The van der Waals surface area contributed by atoms with Crippen molar-refractivity contribution in [1.29, 1.82) is 0 Å². The second-order valence-electron chi connectivity index (χ2n) is 3.49. The van der Waals surface area contributed by atoms with E-state index in [-0.39, 0.29) is 24.5 Å². The van der Waals surface area contributed by atoms with Crippen LogP contribution in [0.5, 0.6) is 0 Å².